The molecule has 11 heteroatoms. The first kappa shape index (κ1) is 24.5. The van der Waals surface area contributed by atoms with Crippen molar-refractivity contribution in [2.24, 2.45) is 5.10 Å². The fourth-order valence-corrected chi connectivity index (χ4v) is 2.63. The highest BCUT2D eigenvalue weighted by Gasteiger charge is 2.30. The van der Waals surface area contributed by atoms with Gasteiger partial charge < -0.3 is 19.5 Å². The van der Waals surface area contributed by atoms with Crippen molar-refractivity contribution in [1.82, 2.24) is 5.43 Å². The van der Waals surface area contributed by atoms with Crippen molar-refractivity contribution >= 4 is 23.7 Å². The average Bonchev–Trinajstić information content (AvgIpc) is 2.76. The Morgan fingerprint density at radius 2 is 1.59 bits per heavy atom. The van der Waals surface area contributed by atoms with Crippen LogP contribution in [0.4, 0.5) is 18.9 Å². The second-order valence-electron chi connectivity index (χ2n) is 6.38. The highest BCUT2D eigenvalue weighted by molar-refractivity contribution is 5.93. The van der Waals surface area contributed by atoms with E-state index in [-0.39, 0.29) is 18.5 Å². The van der Waals surface area contributed by atoms with Gasteiger partial charge in [-0.2, -0.15) is 18.3 Å². The molecule has 2 N–H and O–H groups in total. The zero-order chi connectivity index (χ0) is 23.7. The van der Waals surface area contributed by atoms with Gasteiger partial charge in [0, 0.05) is 24.1 Å². The number of hydrogen-bond acceptors (Lipinski definition) is 6. The maximum absolute atomic E-state index is 12.7. The Morgan fingerprint density at radius 1 is 0.969 bits per heavy atom. The molecule has 0 aliphatic rings. The van der Waals surface area contributed by atoms with Crippen molar-refractivity contribution in [3.8, 4) is 17.2 Å². The zero-order valence-electron chi connectivity index (χ0n) is 17.6. The lowest BCUT2D eigenvalue weighted by Crippen LogP contribution is -2.20. The van der Waals surface area contributed by atoms with Crippen LogP contribution in [0.5, 0.6) is 17.2 Å². The Balaban J connectivity index is 1.88. The Kier molecular flexibility index (Phi) is 8.45. The fourth-order valence-electron chi connectivity index (χ4n) is 2.63. The molecule has 0 fully saturated rings. The Labute approximate surface area is 182 Å². The molecule has 0 aliphatic carbocycles. The quantitative estimate of drug-likeness (QED) is 0.447. The van der Waals surface area contributed by atoms with E-state index in [0.717, 1.165) is 12.1 Å². The number of nitrogens with one attached hydrogen (secondary N) is 2. The first-order valence-electron chi connectivity index (χ1n) is 9.27. The zero-order valence-corrected chi connectivity index (χ0v) is 17.6. The predicted octanol–water partition coefficient (Wildman–Crippen LogP) is 3.60. The molecule has 2 rings (SSSR count). The molecule has 0 aliphatic heterocycles. The SMILES string of the molecule is COc1cc(C=NNC(=O)CCC(=O)Nc2cccc(C(F)(F)F)c2)cc(OC)c1OC. The number of halogens is 3. The Hall–Kier alpha value is -3.76. The Morgan fingerprint density at radius 3 is 2.16 bits per heavy atom. The molecule has 0 radical (unpaired) electrons. The number of carbonyl (C=O) groups excluding carboxylic acids is 2. The van der Waals surface area contributed by atoms with Gasteiger partial charge in [0.25, 0.3) is 0 Å². The molecule has 8 nitrogen and oxygen atoms in total. The van der Waals surface area contributed by atoms with Crippen LogP contribution in [0.1, 0.15) is 24.0 Å². The molecule has 2 amide bonds. The molecule has 0 spiro atoms. The smallest absolute Gasteiger partial charge is 0.416 e. The number of ether oxygens (including phenoxy) is 3. The third-order valence-electron chi connectivity index (χ3n) is 4.14. The second-order valence-corrected chi connectivity index (χ2v) is 6.38. The largest absolute Gasteiger partial charge is 0.493 e. The minimum Gasteiger partial charge on any atom is -0.493 e. The van der Waals surface area contributed by atoms with Crippen molar-refractivity contribution in [2.45, 2.75) is 19.0 Å². The van der Waals surface area contributed by atoms with Crippen LogP contribution in [0, 0.1) is 0 Å². The lowest BCUT2D eigenvalue weighted by Gasteiger charge is -2.12. The third-order valence-corrected chi connectivity index (χ3v) is 4.14. The maximum Gasteiger partial charge on any atom is 0.416 e. The molecule has 172 valence electrons. The molecule has 0 heterocycles. The van der Waals surface area contributed by atoms with Crippen molar-refractivity contribution in [3.05, 3.63) is 47.5 Å². The molecule has 32 heavy (non-hydrogen) atoms. The second kappa shape index (κ2) is 11.0. The van der Waals surface area contributed by atoms with Gasteiger partial charge in [-0.3, -0.25) is 9.59 Å². The van der Waals surface area contributed by atoms with Crippen LogP contribution in [0.2, 0.25) is 0 Å². The lowest BCUT2D eigenvalue weighted by molar-refractivity contribution is -0.137. The van der Waals surface area contributed by atoms with Gasteiger partial charge in [-0.1, -0.05) is 6.07 Å². The molecule has 2 aromatic carbocycles. The van der Waals surface area contributed by atoms with E-state index in [9.17, 15) is 22.8 Å². The number of hydrazone groups is 1. The van der Waals surface area contributed by atoms with Crippen molar-refractivity contribution in [2.75, 3.05) is 26.6 Å². The lowest BCUT2D eigenvalue weighted by atomic mass is 10.2. The van der Waals surface area contributed by atoms with E-state index in [2.05, 4.69) is 15.8 Å². The summed E-state index contributed by atoms with van der Waals surface area (Å²) in [5.74, 6) is 0.0701. The van der Waals surface area contributed by atoms with Gasteiger partial charge in [-0.15, -0.1) is 0 Å². The summed E-state index contributed by atoms with van der Waals surface area (Å²) in [6, 6.07) is 7.48. The number of methoxy groups -OCH3 is 3. The molecule has 0 saturated carbocycles. The van der Waals surface area contributed by atoms with E-state index >= 15 is 0 Å². The maximum atomic E-state index is 12.7. The third kappa shape index (κ3) is 6.89. The van der Waals surface area contributed by atoms with Crippen LogP contribution in [-0.2, 0) is 15.8 Å². The number of nitrogens with zero attached hydrogens (tertiary/aromatic N) is 1. The normalized spacial score (nSPS) is 11.2. The van der Waals surface area contributed by atoms with Gasteiger partial charge in [0.05, 0.1) is 33.1 Å². The highest BCUT2D eigenvalue weighted by Crippen LogP contribution is 2.37. The van der Waals surface area contributed by atoms with Crippen LogP contribution in [0.25, 0.3) is 0 Å². The number of carbonyl (C=O) groups is 2. The summed E-state index contributed by atoms with van der Waals surface area (Å²) in [4.78, 5) is 23.8. The number of amides is 2. The summed E-state index contributed by atoms with van der Waals surface area (Å²) in [5, 5.41) is 6.15. The topological polar surface area (TPSA) is 98.2 Å². The molecule has 0 aromatic heterocycles. The van der Waals surface area contributed by atoms with Crippen molar-refractivity contribution in [3.63, 3.8) is 0 Å². The van der Waals surface area contributed by atoms with Crippen molar-refractivity contribution in [1.29, 1.82) is 0 Å². The van der Waals surface area contributed by atoms with Crippen LogP contribution in [-0.4, -0.2) is 39.4 Å². The molecule has 2 aromatic rings. The van der Waals surface area contributed by atoms with E-state index in [4.69, 9.17) is 14.2 Å². The standard InChI is InChI=1S/C21H22F3N3O5/c1-30-16-9-13(10-17(31-2)20(16)32-3)12-25-27-19(29)8-7-18(28)26-15-6-4-5-14(11-15)21(22,23)24/h4-6,9-12H,7-8H2,1-3H3,(H,26,28)(H,27,29). The van der Waals surface area contributed by atoms with Gasteiger partial charge >= 0.3 is 6.18 Å². The van der Waals surface area contributed by atoms with Crippen LogP contribution in [0.3, 0.4) is 0 Å². The van der Waals surface area contributed by atoms with Gasteiger partial charge in [0.1, 0.15) is 0 Å². The predicted molar refractivity (Wildman–Crippen MR) is 111 cm³/mol. The molecule has 0 saturated heterocycles. The van der Waals surface area contributed by atoms with Gasteiger partial charge in [-0.25, -0.2) is 5.43 Å². The number of rotatable bonds is 9. The minimum atomic E-state index is -4.52. The van der Waals surface area contributed by atoms with Crippen molar-refractivity contribution < 1.29 is 37.0 Å². The summed E-state index contributed by atoms with van der Waals surface area (Å²) < 4.78 is 53.8. The van der Waals surface area contributed by atoms with E-state index < -0.39 is 23.6 Å². The van der Waals surface area contributed by atoms with Gasteiger partial charge in [0.15, 0.2) is 11.5 Å². The summed E-state index contributed by atoms with van der Waals surface area (Å²) in [5.41, 5.74) is 1.94. The molecule has 0 bridgehead atoms. The minimum absolute atomic E-state index is 0.00865. The number of hydrogen-bond donors (Lipinski definition) is 2. The van der Waals surface area contributed by atoms with Gasteiger partial charge in [0.2, 0.25) is 17.6 Å². The fraction of sp³-hybridized carbons (Fsp3) is 0.286. The summed E-state index contributed by atoms with van der Waals surface area (Å²) in [7, 11) is 4.40. The number of anilines is 1. The molecule has 0 unspecified atom stereocenters. The molecular formula is C21H22F3N3O5. The first-order chi connectivity index (χ1) is 15.2. The van der Waals surface area contributed by atoms with E-state index in [0.29, 0.717) is 22.8 Å². The molecular weight excluding hydrogens is 431 g/mol. The summed E-state index contributed by atoms with van der Waals surface area (Å²) in [6.07, 6.45) is -3.61. The average molecular weight is 453 g/mol. The number of benzene rings is 2. The van der Waals surface area contributed by atoms with E-state index in [1.54, 1.807) is 12.1 Å². The van der Waals surface area contributed by atoms with Crippen LogP contribution in [0.15, 0.2) is 41.5 Å². The van der Waals surface area contributed by atoms with Gasteiger partial charge in [-0.05, 0) is 30.3 Å². The van der Waals surface area contributed by atoms with Crippen LogP contribution < -0.4 is 25.0 Å². The molecule has 0 atom stereocenters. The van der Waals surface area contributed by atoms with E-state index in [1.165, 1.54) is 39.7 Å². The van der Waals surface area contributed by atoms with Crippen LogP contribution >= 0.6 is 0 Å². The monoisotopic (exact) mass is 453 g/mol. The summed E-state index contributed by atoms with van der Waals surface area (Å²) >= 11 is 0. The number of alkyl halides is 3. The first-order valence-corrected chi connectivity index (χ1v) is 9.27. The summed E-state index contributed by atoms with van der Waals surface area (Å²) in [6.45, 7) is 0. The van der Waals surface area contributed by atoms with E-state index in [1.807, 2.05) is 0 Å². The Bertz CT molecular complexity index is 968. The highest BCUT2D eigenvalue weighted by atomic mass is 19.4.